The minimum atomic E-state index is -0.832. The van der Waals surface area contributed by atoms with Crippen molar-refractivity contribution in [1.29, 1.82) is 0 Å². The number of fused-ring (bicyclic) bond motifs is 1. The van der Waals surface area contributed by atoms with Gasteiger partial charge in [-0.25, -0.2) is 4.79 Å². The summed E-state index contributed by atoms with van der Waals surface area (Å²) in [6.45, 7) is 0. The maximum atomic E-state index is 11.9. The summed E-state index contributed by atoms with van der Waals surface area (Å²) in [5.41, 5.74) is 0.843. The van der Waals surface area contributed by atoms with Gasteiger partial charge in [-0.1, -0.05) is 16.4 Å². The number of nitro benzene ring substituents is 1. The van der Waals surface area contributed by atoms with Crippen LogP contribution in [0.3, 0.4) is 0 Å². The molecule has 0 unspecified atom stereocenters. The molecule has 0 atom stereocenters. The van der Waals surface area contributed by atoms with Gasteiger partial charge < -0.3 is 4.74 Å². The van der Waals surface area contributed by atoms with Gasteiger partial charge >= 0.3 is 6.09 Å². The smallest absolute Gasteiger partial charge is 0.408 e. The largest absolute Gasteiger partial charge is 0.457 e. The van der Waals surface area contributed by atoms with Gasteiger partial charge in [0.05, 0.1) is 4.92 Å². The number of nitro groups is 1. The number of rotatable bonds is 2. The van der Waals surface area contributed by atoms with E-state index in [1.54, 1.807) is 18.2 Å². The maximum Gasteiger partial charge on any atom is 0.457 e. The number of carbonyl (C=O) groups is 1. The number of benzene rings is 2. The van der Waals surface area contributed by atoms with Gasteiger partial charge in [-0.15, -0.1) is 10.2 Å². The van der Waals surface area contributed by atoms with Crippen LogP contribution in [0.25, 0.3) is 11.0 Å². The molecule has 0 aliphatic carbocycles. The first-order valence-corrected chi connectivity index (χ1v) is 6.40. The molecular weight excluding hydrogens is 312 g/mol. The van der Waals surface area contributed by atoms with Crippen molar-refractivity contribution in [2.45, 2.75) is 0 Å². The molecule has 0 spiro atoms. The first-order chi connectivity index (χ1) is 10.5. The monoisotopic (exact) mass is 318 g/mol. The van der Waals surface area contributed by atoms with E-state index in [2.05, 4.69) is 10.2 Å². The number of hydrogen-bond acceptors (Lipinski definition) is 6. The summed E-state index contributed by atoms with van der Waals surface area (Å²) in [7, 11) is 0. The fourth-order valence-electron chi connectivity index (χ4n) is 1.75. The molecule has 3 rings (SSSR count). The van der Waals surface area contributed by atoms with E-state index in [-0.39, 0.29) is 11.4 Å². The SMILES string of the molecule is O=C(Oc1ccc([N+](=O)[O-])cc1)n1nc2ccc(Cl)cc2n1. The van der Waals surface area contributed by atoms with Crippen molar-refractivity contribution >= 4 is 34.4 Å². The predicted octanol–water partition coefficient (Wildman–Crippen LogP) is 3.04. The second kappa shape index (κ2) is 5.41. The van der Waals surface area contributed by atoms with Crippen molar-refractivity contribution in [3.63, 3.8) is 0 Å². The second-order valence-corrected chi connectivity index (χ2v) is 4.68. The Kier molecular flexibility index (Phi) is 3.43. The summed E-state index contributed by atoms with van der Waals surface area (Å²) in [6.07, 6.45) is -0.832. The van der Waals surface area contributed by atoms with E-state index >= 15 is 0 Å². The Labute approximate surface area is 128 Å². The van der Waals surface area contributed by atoms with E-state index in [0.717, 1.165) is 4.80 Å². The molecule has 0 fully saturated rings. The minimum absolute atomic E-state index is 0.0996. The lowest BCUT2D eigenvalue weighted by Gasteiger charge is -2.01. The van der Waals surface area contributed by atoms with Gasteiger partial charge in [0, 0.05) is 17.2 Å². The Balaban J connectivity index is 1.81. The van der Waals surface area contributed by atoms with Crippen LogP contribution < -0.4 is 4.74 Å². The predicted molar refractivity (Wildman–Crippen MR) is 77.1 cm³/mol. The lowest BCUT2D eigenvalue weighted by atomic mass is 10.3. The van der Waals surface area contributed by atoms with E-state index in [4.69, 9.17) is 16.3 Å². The number of carbonyl (C=O) groups excluding carboxylic acids is 1. The fourth-order valence-corrected chi connectivity index (χ4v) is 1.91. The standard InChI is InChI=1S/C13H7ClN4O4/c14-8-1-6-11-12(7-8)16-17(15-11)13(19)22-10-4-2-9(3-5-10)18(20)21/h1-7H. The quantitative estimate of drug-likeness (QED) is 0.531. The number of hydrogen-bond donors (Lipinski definition) is 0. The van der Waals surface area contributed by atoms with Gasteiger partial charge in [0.1, 0.15) is 16.8 Å². The topological polar surface area (TPSA) is 100 Å². The molecule has 0 saturated carbocycles. The van der Waals surface area contributed by atoms with Gasteiger partial charge in [0.2, 0.25) is 0 Å². The molecule has 110 valence electrons. The zero-order valence-electron chi connectivity index (χ0n) is 10.8. The minimum Gasteiger partial charge on any atom is -0.408 e. The van der Waals surface area contributed by atoms with Crippen LogP contribution in [0.15, 0.2) is 42.5 Å². The summed E-state index contributed by atoms with van der Waals surface area (Å²) in [5.74, 6) is 0.148. The third-order valence-corrected chi connectivity index (χ3v) is 2.99. The molecular formula is C13H7ClN4O4. The first kappa shape index (κ1) is 14.0. The highest BCUT2D eigenvalue weighted by Gasteiger charge is 2.13. The Morgan fingerprint density at radius 1 is 1.14 bits per heavy atom. The van der Waals surface area contributed by atoms with E-state index in [1.165, 1.54) is 24.3 Å². The Morgan fingerprint density at radius 3 is 2.50 bits per heavy atom. The highest BCUT2D eigenvalue weighted by molar-refractivity contribution is 6.31. The van der Waals surface area contributed by atoms with Crippen LogP contribution in [-0.2, 0) is 0 Å². The summed E-state index contributed by atoms with van der Waals surface area (Å²) < 4.78 is 5.04. The summed E-state index contributed by atoms with van der Waals surface area (Å²) >= 11 is 5.83. The van der Waals surface area contributed by atoms with Crippen molar-refractivity contribution in [3.05, 3.63) is 57.6 Å². The van der Waals surface area contributed by atoms with Crippen LogP contribution >= 0.6 is 11.6 Å². The molecule has 2 aromatic carbocycles. The van der Waals surface area contributed by atoms with E-state index in [1.807, 2.05) is 0 Å². The Bertz CT molecular complexity index is 875. The molecule has 22 heavy (non-hydrogen) atoms. The fraction of sp³-hybridized carbons (Fsp3) is 0. The summed E-state index contributed by atoms with van der Waals surface area (Å²) in [5, 5.41) is 18.9. The zero-order chi connectivity index (χ0) is 15.7. The second-order valence-electron chi connectivity index (χ2n) is 4.24. The van der Waals surface area contributed by atoms with Gasteiger partial charge in [-0.2, -0.15) is 0 Å². The molecule has 0 radical (unpaired) electrons. The summed E-state index contributed by atoms with van der Waals surface area (Å²) in [6, 6.07) is 9.92. The molecule has 0 saturated heterocycles. The van der Waals surface area contributed by atoms with Gasteiger partial charge in [0.25, 0.3) is 5.69 Å². The third-order valence-electron chi connectivity index (χ3n) is 2.76. The molecule has 9 heteroatoms. The van der Waals surface area contributed by atoms with Crippen molar-refractivity contribution in [2.75, 3.05) is 0 Å². The van der Waals surface area contributed by atoms with E-state index < -0.39 is 11.0 Å². The average molecular weight is 319 g/mol. The van der Waals surface area contributed by atoms with Crippen molar-refractivity contribution in [2.24, 2.45) is 0 Å². The summed E-state index contributed by atoms with van der Waals surface area (Å²) in [4.78, 5) is 22.7. The zero-order valence-corrected chi connectivity index (χ0v) is 11.6. The van der Waals surface area contributed by atoms with Crippen LogP contribution in [0.1, 0.15) is 0 Å². The van der Waals surface area contributed by atoms with Crippen LogP contribution in [0.5, 0.6) is 5.75 Å². The van der Waals surface area contributed by atoms with Gasteiger partial charge in [-0.05, 0) is 30.3 Å². The highest BCUT2D eigenvalue weighted by Crippen LogP contribution is 2.18. The van der Waals surface area contributed by atoms with Crippen molar-refractivity contribution in [3.8, 4) is 5.75 Å². The first-order valence-electron chi connectivity index (χ1n) is 6.02. The maximum absolute atomic E-state index is 11.9. The molecule has 0 aliphatic heterocycles. The molecule has 0 aliphatic rings. The normalized spacial score (nSPS) is 10.6. The van der Waals surface area contributed by atoms with Crippen molar-refractivity contribution in [1.82, 2.24) is 15.0 Å². The van der Waals surface area contributed by atoms with Gasteiger partial charge in [-0.3, -0.25) is 10.1 Å². The van der Waals surface area contributed by atoms with Crippen molar-refractivity contribution < 1.29 is 14.5 Å². The molecule has 1 heterocycles. The molecule has 0 bridgehead atoms. The van der Waals surface area contributed by atoms with Crippen LogP contribution in [-0.4, -0.2) is 26.0 Å². The Morgan fingerprint density at radius 2 is 1.82 bits per heavy atom. The van der Waals surface area contributed by atoms with Gasteiger partial charge in [0.15, 0.2) is 0 Å². The molecule has 0 amide bonds. The number of aromatic nitrogens is 3. The molecule has 0 N–H and O–H groups in total. The Hall–Kier alpha value is -3.00. The molecule has 8 nitrogen and oxygen atoms in total. The van der Waals surface area contributed by atoms with Crippen LogP contribution in [0.2, 0.25) is 5.02 Å². The average Bonchev–Trinajstić information content (AvgIpc) is 2.91. The number of ether oxygens (including phenoxy) is 1. The number of non-ortho nitro benzene ring substituents is 1. The lowest BCUT2D eigenvalue weighted by molar-refractivity contribution is -0.384. The van der Waals surface area contributed by atoms with E-state index in [0.29, 0.717) is 16.1 Å². The third kappa shape index (κ3) is 2.72. The number of halogens is 1. The number of nitrogens with zero attached hydrogens (tertiary/aromatic N) is 4. The lowest BCUT2D eigenvalue weighted by Crippen LogP contribution is -2.19. The molecule has 3 aromatic rings. The van der Waals surface area contributed by atoms with Crippen LogP contribution in [0.4, 0.5) is 10.5 Å². The van der Waals surface area contributed by atoms with E-state index in [9.17, 15) is 14.9 Å². The van der Waals surface area contributed by atoms with Crippen LogP contribution in [0, 0.1) is 10.1 Å². The highest BCUT2D eigenvalue weighted by atomic mass is 35.5. The molecule has 1 aromatic heterocycles.